The summed E-state index contributed by atoms with van der Waals surface area (Å²) in [6.07, 6.45) is 1.71. The van der Waals surface area contributed by atoms with E-state index in [2.05, 4.69) is 10.2 Å². The Morgan fingerprint density at radius 1 is 0.889 bits per heavy atom. The van der Waals surface area contributed by atoms with Gasteiger partial charge in [-0.05, 0) is 36.4 Å². The number of hydrogen-bond donors (Lipinski definition) is 1. The average Bonchev–Trinajstić information content (AvgIpc) is 2.90. The van der Waals surface area contributed by atoms with Gasteiger partial charge in [0.15, 0.2) is 5.82 Å². The van der Waals surface area contributed by atoms with E-state index in [0.29, 0.717) is 0 Å². The Hall–Kier alpha value is -2.62. The van der Waals surface area contributed by atoms with E-state index in [9.17, 15) is 0 Å². The fourth-order valence-corrected chi connectivity index (χ4v) is 1.84. The van der Waals surface area contributed by atoms with Crippen molar-refractivity contribution in [2.24, 2.45) is 0 Å². The van der Waals surface area contributed by atoms with Crippen LogP contribution in [0.3, 0.4) is 0 Å². The number of nitrogens with two attached hydrogens (primary N) is 1. The van der Waals surface area contributed by atoms with Gasteiger partial charge in [-0.2, -0.15) is 0 Å². The molecular weight excluding hydrogens is 224 g/mol. The summed E-state index contributed by atoms with van der Waals surface area (Å²) in [7, 11) is 0. The normalized spacial score (nSPS) is 10.4. The molecule has 4 heteroatoms. The molecule has 0 amide bonds. The lowest BCUT2D eigenvalue weighted by Crippen LogP contribution is -1.96. The third-order valence-corrected chi connectivity index (χ3v) is 2.75. The first-order valence-electron chi connectivity index (χ1n) is 5.66. The van der Waals surface area contributed by atoms with Crippen LogP contribution >= 0.6 is 0 Å². The molecule has 2 aromatic carbocycles. The Kier molecular flexibility index (Phi) is 2.53. The molecule has 0 aliphatic rings. The highest BCUT2D eigenvalue weighted by atomic mass is 15.3. The maximum Gasteiger partial charge on any atom is 0.168 e. The zero-order valence-corrected chi connectivity index (χ0v) is 9.69. The summed E-state index contributed by atoms with van der Waals surface area (Å²) < 4.78 is 1.95. The van der Waals surface area contributed by atoms with Gasteiger partial charge in [0, 0.05) is 16.9 Å². The molecule has 0 unspecified atom stereocenters. The summed E-state index contributed by atoms with van der Waals surface area (Å²) in [4.78, 5) is 0. The van der Waals surface area contributed by atoms with Gasteiger partial charge in [0.25, 0.3) is 0 Å². The number of nitrogens with zero attached hydrogens (tertiary/aromatic N) is 3. The van der Waals surface area contributed by atoms with Crippen LogP contribution in [0.15, 0.2) is 60.9 Å². The fraction of sp³-hybridized carbons (Fsp3) is 0. The zero-order valence-electron chi connectivity index (χ0n) is 9.69. The maximum atomic E-state index is 5.69. The molecule has 2 N–H and O–H groups in total. The smallest absolute Gasteiger partial charge is 0.168 e. The van der Waals surface area contributed by atoms with Gasteiger partial charge in [0.2, 0.25) is 0 Å². The van der Waals surface area contributed by atoms with Crippen molar-refractivity contribution in [3.63, 3.8) is 0 Å². The molecule has 0 bridgehead atoms. The molecule has 0 aliphatic heterocycles. The van der Waals surface area contributed by atoms with Crippen molar-refractivity contribution in [2.75, 3.05) is 5.73 Å². The molecule has 0 spiro atoms. The number of para-hydroxylation sites is 1. The van der Waals surface area contributed by atoms with Crippen LogP contribution in [0.1, 0.15) is 0 Å². The van der Waals surface area contributed by atoms with Crippen LogP contribution in [0.2, 0.25) is 0 Å². The first kappa shape index (κ1) is 10.5. The molecule has 1 aromatic heterocycles. The molecule has 1 heterocycles. The first-order chi connectivity index (χ1) is 8.84. The van der Waals surface area contributed by atoms with E-state index in [-0.39, 0.29) is 0 Å². The van der Waals surface area contributed by atoms with Gasteiger partial charge in [0.1, 0.15) is 6.33 Å². The molecular formula is C14H12N4. The highest BCUT2D eigenvalue weighted by Gasteiger charge is 2.08. The minimum atomic E-state index is 0.740. The summed E-state index contributed by atoms with van der Waals surface area (Å²) in [5.74, 6) is 0.807. The van der Waals surface area contributed by atoms with Crippen molar-refractivity contribution >= 4 is 5.69 Å². The number of hydrogen-bond acceptors (Lipinski definition) is 3. The molecule has 88 valence electrons. The molecule has 0 saturated carbocycles. The van der Waals surface area contributed by atoms with Crippen LogP contribution in [-0.4, -0.2) is 14.8 Å². The highest BCUT2D eigenvalue weighted by Crippen LogP contribution is 2.21. The van der Waals surface area contributed by atoms with Gasteiger partial charge in [-0.15, -0.1) is 10.2 Å². The Balaban J connectivity index is 2.10. The van der Waals surface area contributed by atoms with E-state index < -0.39 is 0 Å². The summed E-state index contributed by atoms with van der Waals surface area (Å²) in [6, 6.07) is 17.6. The monoisotopic (exact) mass is 236 g/mol. The Morgan fingerprint density at radius 3 is 2.33 bits per heavy atom. The molecule has 3 aromatic rings. The van der Waals surface area contributed by atoms with E-state index in [4.69, 9.17) is 5.73 Å². The third kappa shape index (κ3) is 1.84. The maximum absolute atomic E-state index is 5.69. The topological polar surface area (TPSA) is 56.7 Å². The van der Waals surface area contributed by atoms with Crippen LogP contribution < -0.4 is 5.73 Å². The van der Waals surface area contributed by atoms with Crippen molar-refractivity contribution in [3.8, 4) is 17.1 Å². The Bertz CT molecular complexity index is 641. The standard InChI is InChI=1S/C14H12N4/c15-12-8-6-11(7-9-12)14-17-16-10-18(14)13-4-2-1-3-5-13/h1-10H,15H2. The van der Waals surface area contributed by atoms with E-state index >= 15 is 0 Å². The molecule has 0 radical (unpaired) electrons. The molecule has 0 fully saturated rings. The molecule has 4 nitrogen and oxygen atoms in total. The van der Waals surface area contributed by atoms with Gasteiger partial charge in [-0.3, -0.25) is 4.57 Å². The minimum absolute atomic E-state index is 0.740. The third-order valence-electron chi connectivity index (χ3n) is 2.75. The van der Waals surface area contributed by atoms with E-state index in [1.165, 1.54) is 0 Å². The molecule has 0 atom stereocenters. The van der Waals surface area contributed by atoms with E-state index in [0.717, 1.165) is 22.8 Å². The van der Waals surface area contributed by atoms with E-state index in [1.807, 2.05) is 59.2 Å². The SMILES string of the molecule is Nc1ccc(-c2nncn2-c2ccccc2)cc1. The number of nitrogen functional groups attached to an aromatic ring is 1. The fourth-order valence-electron chi connectivity index (χ4n) is 1.84. The quantitative estimate of drug-likeness (QED) is 0.695. The Labute approximate surface area is 105 Å². The predicted molar refractivity (Wildman–Crippen MR) is 71.2 cm³/mol. The predicted octanol–water partition coefficient (Wildman–Crippen LogP) is 2.52. The number of anilines is 1. The number of aromatic nitrogens is 3. The molecule has 18 heavy (non-hydrogen) atoms. The highest BCUT2D eigenvalue weighted by molar-refractivity contribution is 5.60. The van der Waals surface area contributed by atoms with Gasteiger partial charge < -0.3 is 5.73 Å². The van der Waals surface area contributed by atoms with Gasteiger partial charge in [-0.1, -0.05) is 18.2 Å². The summed E-state index contributed by atoms with van der Waals surface area (Å²) in [5.41, 5.74) is 8.45. The van der Waals surface area contributed by atoms with Gasteiger partial charge in [-0.25, -0.2) is 0 Å². The first-order valence-corrected chi connectivity index (χ1v) is 5.66. The van der Waals surface area contributed by atoms with Gasteiger partial charge in [0.05, 0.1) is 0 Å². The Morgan fingerprint density at radius 2 is 1.61 bits per heavy atom. The molecule has 0 aliphatic carbocycles. The van der Waals surface area contributed by atoms with E-state index in [1.54, 1.807) is 6.33 Å². The lowest BCUT2D eigenvalue weighted by Gasteiger charge is -2.06. The van der Waals surface area contributed by atoms with Crippen LogP contribution in [0.25, 0.3) is 17.1 Å². The lowest BCUT2D eigenvalue weighted by atomic mass is 10.2. The zero-order chi connectivity index (χ0) is 12.4. The van der Waals surface area contributed by atoms with Crippen LogP contribution in [0, 0.1) is 0 Å². The minimum Gasteiger partial charge on any atom is -0.399 e. The second-order valence-electron chi connectivity index (χ2n) is 3.98. The second kappa shape index (κ2) is 4.33. The van der Waals surface area contributed by atoms with Crippen molar-refractivity contribution in [3.05, 3.63) is 60.9 Å². The summed E-state index contributed by atoms with van der Waals surface area (Å²) >= 11 is 0. The van der Waals surface area contributed by atoms with Gasteiger partial charge >= 0.3 is 0 Å². The molecule has 3 rings (SSSR count). The summed E-state index contributed by atoms with van der Waals surface area (Å²) in [6.45, 7) is 0. The summed E-state index contributed by atoms with van der Waals surface area (Å²) in [5, 5.41) is 8.14. The molecule has 0 saturated heterocycles. The number of benzene rings is 2. The van der Waals surface area contributed by atoms with Crippen molar-refractivity contribution in [1.29, 1.82) is 0 Å². The van der Waals surface area contributed by atoms with Crippen molar-refractivity contribution < 1.29 is 0 Å². The second-order valence-corrected chi connectivity index (χ2v) is 3.98. The number of rotatable bonds is 2. The van der Waals surface area contributed by atoms with Crippen LogP contribution in [0.5, 0.6) is 0 Å². The van der Waals surface area contributed by atoms with Crippen molar-refractivity contribution in [1.82, 2.24) is 14.8 Å². The largest absolute Gasteiger partial charge is 0.399 e. The average molecular weight is 236 g/mol. The lowest BCUT2D eigenvalue weighted by molar-refractivity contribution is 1.06. The van der Waals surface area contributed by atoms with Crippen LogP contribution in [-0.2, 0) is 0 Å². The van der Waals surface area contributed by atoms with Crippen molar-refractivity contribution in [2.45, 2.75) is 0 Å². The van der Waals surface area contributed by atoms with Crippen LogP contribution in [0.4, 0.5) is 5.69 Å².